The number of hydrogen-bond acceptors (Lipinski definition) is 12. The highest BCUT2D eigenvalue weighted by Crippen LogP contribution is 2.33. The van der Waals surface area contributed by atoms with Crippen molar-refractivity contribution in [2.45, 2.75) is 232 Å². The zero-order chi connectivity index (χ0) is 56.4. The van der Waals surface area contributed by atoms with Crippen LogP contribution in [0.4, 0.5) is 0 Å². The number of carbonyl (C=O) groups is 4. The van der Waals surface area contributed by atoms with Gasteiger partial charge in [-0.3, -0.25) is 0 Å². The molecule has 0 unspecified atom stereocenters. The summed E-state index contributed by atoms with van der Waals surface area (Å²) in [6, 6.07) is 9.31. The smallest absolute Gasteiger partial charge is 0.333 e. The van der Waals surface area contributed by atoms with E-state index in [4.69, 9.17) is 35.4 Å². The van der Waals surface area contributed by atoms with Gasteiger partial charge in [0.25, 0.3) is 0 Å². The first-order valence-corrected chi connectivity index (χ1v) is 51.6. The van der Waals surface area contributed by atoms with Gasteiger partial charge in [0.1, 0.15) is 0 Å². The van der Waals surface area contributed by atoms with Gasteiger partial charge in [0.05, 0.1) is 26.4 Å². The molecule has 72 heavy (non-hydrogen) atoms. The molecule has 0 spiro atoms. The minimum Gasteiger partial charge on any atom is -0.462 e. The number of unbranched alkanes of at least 4 members (excludes halogenated alkanes) is 4. The highest BCUT2D eigenvalue weighted by Gasteiger charge is 2.41. The lowest BCUT2D eigenvalue weighted by Gasteiger charge is -2.38. The molecule has 0 bridgehead atoms. The Labute approximate surface area is 449 Å². The Hall–Kier alpha value is -1.58. The van der Waals surface area contributed by atoms with Gasteiger partial charge in [-0.15, -0.1) is 0 Å². The zero-order valence-electron chi connectivity index (χ0n) is 49.9. The molecular weight excluding hydrogens is 1040 g/mol. The molecule has 0 saturated carbocycles. The molecule has 0 aliphatic carbocycles. The molecule has 12 nitrogen and oxygen atoms in total. The fraction of sp³-hybridized carbons (Fsp3) is 0.769. The molecule has 0 aromatic rings. The molecule has 0 aromatic heterocycles. The van der Waals surface area contributed by atoms with Crippen LogP contribution in [0, 0.1) is 0 Å². The molecule has 0 N–H and O–H groups in total. The van der Waals surface area contributed by atoms with Crippen LogP contribution in [0.5, 0.6) is 0 Å². The fourth-order valence-corrected chi connectivity index (χ4v) is 49.6. The van der Waals surface area contributed by atoms with E-state index in [-0.39, 0.29) is 23.9 Å². The number of esters is 4. The number of hydrogen-bond donors (Lipinski definition) is 0. The maximum absolute atomic E-state index is 11.5. The molecule has 420 valence electrons. The second kappa shape index (κ2) is 33.5. The highest BCUT2D eigenvalue weighted by atomic mass is 28.4. The maximum Gasteiger partial charge on any atom is 0.333 e. The average molecular weight is 1150 g/mol. The third kappa shape index (κ3) is 39.8. The molecule has 0 atom stereocenters. The normalized spacial score (nSPS) is 14.7. The number of ether oxygens (including phenoxy) is 4. The molecule has 1 rings (SSSR count). The van der Waals surface area contributed by atoms with Crippen molar-refractivity contribution >= 4 is 90.4 Å². The standard InChI is InChI=1S/C26H54O6Si4.C20H38O5Si2.C6H16OSi2/c1-23(2)25(27)29-17-13-15-19-33(5,6)31-35(9,10)21-22-36(11,12)32-34(7,8)20-16-14-18-30-26(28)24(3)4;1-17(2)19(21)23-13-9-11-15-26(5,6)25-27(7,8)16-12-10-14-24-20(22)18(3)4;1-8(2)5-6-9(3,4)7-8/h1,3,13-22H2,2,4-12H3;1,3,9-16H2,2,4-8H3;5-6H2,1-4H3. The zero-order valence-corrected chi connectivity index (χ0v) is 57.9. The Morgan fingerprint density at radius 2 is 0.542 bits per heavy atom. The number of rotatable bonds is 33. The van der Waals surface area contributed by atoms with Gasteiger partial charge in [-0.05, 0) is 206 Å². The summed E-state index contributed by atoms with van der Waals surface area (Å²) >= 11 is 0. The second-order valence-electron chi connectivity index (χ2n) is 25.0. The van der Waals surface area contributed by atoms with Crippen LogP contribution < -0.4 is 0 Å². The predicted octanol–water partition coefficient (Wildman–Crippen LogP) is 15.3. The van der Waals surface area contributed by atoms with Crippen molar-refractivity contribution < 1.29 is 54.6 Å². The monoisotopic (exact) mass is 1150 g/mol. The van der Waals surface area contributed by atoms with Crippen molar-refractivity contribution in [3.63, 3.8) is 0 Å². The first kappa shape index (κ1) is 72.5. The molecule has 20 heteroatoms. The van der Waals surface area contributed by atoms with Crippen LogP contribution in [0.1, 0.15) is 79.1 Å². The summed E-state index contributed by atoms with van der Waals surface area (Å²) in [4.78, 5) is 45.7. The quantitative estimate of drug-likeness (QED) is 0.0203. The molecule has 0 amide bonds. The van der Waals surface area contributed by atoms with Gasteiger partial charge in [0, 0.05) is 22.3 Å². The first-order valence-electron chi connectivity index (χ1n) is 26.7. The van der Waals surface area contributed by atoms with Crippen LogP contribution in [0.2, 0.25) is 153 Å². The van der Waals surface area contributed by atoms with Gasteiger partial charge >= 0.3 is 23.9 Å². The van der Waals surface area contributed by atoms with Crippen molar-refractivity contribution in [2.24, 2.45) is 0 Å². The summed E-state index contributed by atoms with van der Waals surface area (Å²) in [5, 5.41) is 0. The van der Waals surface area contributed by atoms with E-state index in [1.807, 2.05) is 0 Å². The van der Waals surface area contributed by atoms with Crippen LogP contribution in [0.3, 0.4) is 0 Å². The average Bonchev–Trinajstić information content (AvgIpc) is 3.47. The Kier molecular flexibility index (Phi) is 33.8. The molecule has 1 heterocycles. The van der Waals surface area contributed by atoms with Crippen molar-refractivity contribution in [3.8, 4) is 0 Å². The maximum atomic E-state index is 11.5. The summed E-state index contributed by atoms with van der Waals surface area (Å²) < 4.78 is 46.9. The van der Waals surface area contributed by atoms with Crippen LogP contribution in [-0.2, 0) is 54.6 Å². The lowest BCUT2D eigenvalue weighted by molar-refractivity contribution is -0.139. The molecule has 1 aliphatic heterocycles. The summed E-state index contributed by atoms with van der Waals surface area (Å²) in [7, 11) is -12.8. The van der Waals surface area contributed by atoms with E-state index >= 15 is 0 Å². The Morgan fingerprint density at radius 3 is 0.694 bits per heavy atom. The van der Waals surface area contributed by atoms with Crippen molar-refractivity contribution in [3.05, 3.63) is 48.6 Å². The van der Waals surface area contributed by atoms with E-state index in [0.717, 1.165) is 87.6 Å². The van der Waals surface area contributed by atoms with E-state index in [1.54, 1.807) is 27.7 Å². The Balaban J connectivity index is 0. The lowest BCUT2D eigenvalue weighted by Crippen LogP contribution is -2.48. The van der Waals surface area contributed by atoms with E-state index in [1.165, 1.54) is 12.1 Å². The topological polar surface area (TPSA) is 142 Å². The van der Waals surface area contributed by atoms with Crippen LogP contribution >= 0.6 is 0 Å². The van der Waals surface area contributed by atoms with Gasteiger partial charge in [-0.1, -0.05) is 52.0 Å². The van der Waals surface area contributed by atoms with Gasteiger partial charge in [-0.25, -0.2) is 19.2 Å². The van der Waals surface area contributed by atoms with Gasteiger partial charge in [0.2, 0.25) is 0 Å². The van der Waals surface area contributed by atoms with E-state index in [0.29, 0.717) is 48.7 Å². The molecular formula is C52H108O12Si8. The van der Waals surface area contributed by atoms with Crippen LogP contribution in [0.25, 0.3) is 0 Å². The minimum absolute atomic E-state index is 0.305. The third-order valence-electron chi connectivity index (χ3n) is 11.9. The fourth-order valence-electron chi connectivity index (χ4n) is 8.37. The largest absolute Gasteiger partial charge is 0.462 e. The van der Waals surface area contributed by atoms with Crippen molar-refractivity contribution in [2.75, 3.05) is 26.4 Å². The minimum atomic E-state index is -1.80. The van der Waals surface area contributed by atoms with Gasteiger partial charge < -0.3 is 35.4 Å². The lowest BCUT2D eigenvalue weighted by atomic mass is 10.3. The second-order valence-corrected chi connectivity index (χ2v) is 60.4. The molecule has 0 radical (unpaired) electrons. The van der Waals surface area contributed by atoms with Crippen LogP contribution in [0.15, 0.2) is 48.6 Å². The third-order valence-corrected chi connectivity index (χ3v) is 42.6. The molecule has 0 aromatic carbocycles. The summed E-state index contributed by atoms with van der Waals surface area (Å²) in [6.07, 6.45) is 7.48. The number of carbonyl (C=O) groups excluding carboxylic acids is 4. The van der Waals surface area contributed by atoms with Crippen LogP contribution in [-0.4, -0.2) is 117 Å². The van der Waals surface area contributed by atoms with E-state index in [2.05, 4.69) is 131 Å². The molecule has 1 aliphatic rings. The van der Waals surface area contributed by atoms with Crippen molar-refractivity contribution in [1.82, 2.24) is 0 Å². The Morgan fingerprint density at radius 1 is 0.361 bits per heavy atom. The van der Waals surface area contributed by atoms with Gasteiger partial charge in [-0.2, -0.15) is 0 Å². The first-order chi connectivity index (χ1) is 32.6. The summed E-state index contributed by atoms with van der Waals surface area (Å²) in [6.45, 7) is 59.8. The summed E-state index contributed by atoms with van der Waals surface area (Å²) in [5.41, 5.74) is 1.78. The predicted molar refractivity (Wildman–Crippen MR) is 323 cm³/mol. The van der Waals surface area contributed by atoms with Crippen molar-refractivity contribution in [1.29, 1.82) is 0 Å². The molecule has 1 fully saturated rings. The summed E-state index contributed by atoms with van der Waals surface area (Å²) in [5.74, 6) is -1.24. The molecule has 1 saturated heterocycles. The van der Waals surface area contributed by atoms with Gasteiger partial charge in [0.15, 0.2) is 66.5 Å². The Bertz CT molecular complexity index is 1620. The highest BCUT2D eigenvalue weighted by molar-refractivity contribution is 6.90. The van der Waals surface area contributed by atoms with E-state index < -0.39 is 66.5 Å². The van der Waals surface area contributed by atoms with E-state index in [9.17, 15) is 19.2 Å². The SMILES string of the molecule is C=C(C)C(=O)OCCCC[Si](C)(C)O[Si](C)(C)CCCCOC(=O)C(=C)C.C=C(C)C(=O)OCCCC[Si](C)(C)O[Si](C)(C)CC[Si](C)(C)O[Si](C)(C)CCCCOC(=O)C(=C)C.C[Si]1(C)CC[Si](C)(C)O1.